The van der Waals surface area contributed by atoms with Crippen LogP contribution in [0.5, 0.6) is 5.75 Å². The first-order valence-corrected chi connectivity index (χ1v) is 8.95. The number of piperidine rings is 1. The van der Waals surface area contributed by atoms with Gasteiger partial charge in [-0.2, -0.15) is 0 Å². The Balaban J connectivity index is 1.49. The summed E-state index contributed by atoms with van der Waals surface area (Å²) < 4.78 is 0. The Labute approximate surface area is 138 Å². The van der Waals surface area contributed by atoms with Gasteiger partial charge in [-0.3, -0.25) is 4.90 Å². The molecule has 2 saturated heterocycles. The van der Waals surface area contributed by atoms with Crippen molar-refractivity contribution >= 4 is 11.6 Å². The molecule has 122 valence electrons. The zero-order chi connectivity index (χ0) is 15.5. The van der Waals surface area contributed by atoms with Gasteiger partial charge >= 0.3 is 0 Å². The fourth-order valence-corrected chi connectivity index (χ4v) is 4.15. The standard InChI is InChI=1S/C18H27ClN2O/c1-14(21-8-2-3-9-21)16-6-10-20(11-7-16)13-15-4-5-18(22)17(19)12-15/h4-5,12,14,16,22H,2-3,6-11,13H2,1H3/t14-/m0/s1. The molecule has 4 heteroatoms. The van der Waals surface area contributed by atoms with E-state index in [-0.39, 0.29) is 5.75 Å². The summed E-state index contributed by atoms with van der Waals surface area (Å²) in [5.41, 5.74) is 1.19. The van der Waals surface area contributed by atoms with Gasteiger partial charge in [-0.05, 0) is 82.4 Å². The summed E-state index contributed by atoms with van der Waals surface area (Å²) in [6.07, 6.45) is 5.35. The average molecular weight is 323 g/mol. The largest absolute Gasteiger partial charge is 0.506 e. The van der Waals surface area contributed by atoms with E-state index in [0.29, 0.717) is 5.02 Å². The molecule has 0 unspecified atom stereocenters. The minimum Gasteiger partial charge on any atom is -0.506 e. The predicted molar refractivity (Wildman–Crippen MR) is 91.4 cm³/mol. The van der Waals surface area contributed by atoms with Crippen LogP contribution in [0.25, 0.3) is 0 Å². The van der Waals surface area contributed by atoms with Gasteiger partial charge in [0.15, 0.2) is 0 Å². The Bertz CT molecular complexity index is 494. The molecule has 0 saturated carbocycles. The molecule has 0 aromatic heterocycles. The van der Waals surface area contributed by atoms with Gasteiger partial charge in [0.05, 0.1) is 5.02 Å². The van der Waals surface area contributed by atoms with E-state index in [1.165, 1.54) is 57.4 Å². The maximum atomic E-state index is 9.50. The Morgan fingerprint density at radius 2 is 1.86 bits per heavy atom. The van der Waals surface area contributed by atoms with Gasteiger partial charge in [0.25, 0.3) is 0 Å². The average Bonchev–Trinajstić information content (AvgIpc) is 3.05. The van der Waals surface area contributed by atoms with E-state index in [1.54, 1.807) is 6.07 Å². The van der Waals surface area contributed by atoms with Crippen molar-refractivity contribution < 1.29 is 5.11 Å². The highest BCUT2D eigenvalue weighted by Crippen LogP contribution is 2.28. The number of halogens is 1. The third-order valence-corrected chi connectivity index (χ3v) is 5.75. The molecule has 2 heterocycles. The van der Waals surface area contributed by atoms with Crippen molar-refractivity contribution in [3.8, 4) is 5.75 Å². The zero-order valence-corrected chi connectivity index (χ0v) is 14.2. The second kappa shape index (κ2) is 7.20. The molecule has 2 aliphatic rings. The van der Waals surface area contributed by atoms with E-state index in [0.717, 1.165) is 18.5 Å². The SMILES string of the molecule is C[C@@H](C1CCN(Cc2ccc(O)c(Cl)c2)CC1)N1CCCC1. The van der Waals surface area contributed by atoms with Crippen LogP contribution in [-0.2, 0) is 6.54 Å². The van der Waals surface area contributed by atoms with Gasteiger partial charge < -0.3 is 10.0 Å². The van der Waals surface area contributed by atoms with Crippen molar-refractivity contribution in [2.24, 2.45) is 5.92 Å². The summed E-state index contributed by atoms with van der Waals surface area (Å²) in [5.74, 6) is 1.02. The molecule has 2 aliphatic heterocycles. The maximum Gasteiger partial charge on any atom is 0.134 e. The quantitative estimate of drug-likeness (QED) is 0.914. The number of hydrogen-bond acceptors (Lipinski definition) is 3. The Kier molecular flexibility index (Phi) is 5.27. The first-order valence-electron chi connectivity index (χ1n) is 8.57. The molecule has 2 fully saturated rings. The Morgan fingerprint density at radius 3 is 2.50 bits per heavy atom. The van der Waals surface area contributed by atoms with Crippen LogP contribution in [0.1, 0.15) is 38.2 Å². The zero-order valence-electron chi connectivity index (χ0n) is 13.5. The smallest absolute Gasteiger partial charge is 0.134 e. The second-order valence-electron chi connectivity index (χ2n) is 6.88. The molecule has 22 heavy (non-hydrogen) atoms. The normalized spacial score (nSPS) is 23.0. The molecule has 0 amide bonds. The molecule has 1 N–H and O–H groups in total. The molecule has 0 aliphatic carbocycles. The monoisotopic (exact) mass is 322 g/mol. The van der Waals surface area contributed by atoms with Gasteiger partial charge in [0, 0.05) is 12.6 Å². The van der Waals surface area contributed by atoms with Crippen LogP contribution in [0.15, 0.2) is 18.2 Å². The summed E-state index contributed by atoms with van der Waals surface area (Å²) in [7, 11) is 0. The minimum absolute atomic E-state index is 0.170. The Morgan fingerprint density at radius 1 is 1.18 bits per heavy atom. The van der Waals surface area contributed by atoms with E-state index in [4.69, 9.17) is 11.6 Å². The molecule has 1 aromatic rings. The lowest BCUT2D eigenvalue weighted by Crippen LogP contribution is -2.42. The van der Waals surface area contributed by atoms with Crippen molar-refractivity contribution in [3.63, 3.8) is 0 Å². The molecule has 3 nitrogen and oxygen atoms in total. The summed E-state index contributed by atoms with van der Waals surface area (Å²) in [6.45, 7) is 8.29. The van der Waals surface area contributed by atoms with E-state index in [9.17, 15) is 5.11 Å². The fourth-order valence-electron chi connectivity index (χ4n) is 3.95. The number of aromatic hydroxyl groups is 1. The Hall–Kier alpha value is -0.770. The van der Waals surface area contributed by atoms with Crippen molar-refractivity contribution in [2.45, 2.75) is 45.2 Å². The van der Waals surface area contributed by atoms with Gasteiger partial charge in [-0.1, -0.05) is 17.7 Å². The van der Waals surface area contributed by atoms with E-state index >= 15 is 0 Å². The van der Waals surface area contributed by atoms with Crippen molar-refractivity contribution in [1.29, 1.82) is 0 Å². The number of phenols is 1. The van der Waals surface area contributed by atoms with Crippen molar-refractivity contribution in [2.75, 3.05) is 26.2 Å². The lowest BCUT2D eigenvalue weighted by Gasteiger charge is -2.38. The van der Waals surface area contributed by atoms with Crippen molar-refractivity contribution in [3.05, 3.63) is 28.8 Å². The number of benzene rings is 1. The molecular weight excluding hydrogens is 296 g/mol. The van der Waals surface area contributed by atoms with Gasteiger partial charge in [0.1, 0.15) is 5.75 Å². The number of nitrogens with zero attached hydrogens (tertiary/aromatic N) is 2. The van der Waals surface area contributed by atoms with Crippen LogP contribution in [0.3, 0.4) is 0 Å². The molecule has 1 atom stereocenters. The number of hydrogen-bond donors (Lipinski definition) is 1. The minimum atomic E-state index is 0.170. The third-order valence-electron chi connectivity index (χ3n) is 5.45. The van der Waals surface area contributed by atoms with E-state index in [1.807, 2.05) is 12.1 Å². The van der Waals surface area contributed by atoms with Crippen LogP contribution >= 0.6 is 11.6 Å². The summed E-state index contributed by atoms with van der Waals surface area (Å²) in [5, 5.41) is 9.95. The van der Waals surface area contributed by atoms with E-state index in [2.05, 4.69) is 16.7 Å². The van der Waals surface area contributed by atoms with E-state index < -0.39 is 0 Å². The molecule has 1 aromatic carbocycles. The van der Waals surface area contributed by atoms with Gasteiger partial charge in [-0.15, -0.1) is 0 Å². The van der Waals surface area contributed by atoms with Gasteiger partial charge in [-0.25, -0.2) is 0 Å². The first-order chi connectivity index (χ1) is 10.6. The molecule has 0 bridgehead atoms. The molecule has 3 rings (SSSR count). The number of rotatable bonds is 4. The van der Waals surface area contributed by atoms with Crippen LogP contribution in [-0.4, -0.2) is 47.1 Å². The molecule has 0 spiro atoms. The van der Waals surface area contributed by atoms with Crippen molar-refractivity contribution in [1.82, 2.24) is 9.80 Å². The number of likely N-dealkylation sites (tertiary alicyclic amines) is 2. The van der Waals surface area contributed by atoms with Gasteiger partial charge in [0.2, 0.25) is 0 Å². The maximum absolute atomic E-state index is 9.50. The lowest BCUT2D eigenvalue weighted by molar-refractivity contribution is 0.108. The molecule has 0 radical (unpaired) electrons. The third kappa shape index (κ3) is 3.76. The van der Waals surface area contributed by atoms with Crippen LogP contribution in [0, 0.1) is 5.92 Å². The highest BCUT2D eigenvalue weighted by Gasteiger charge is 2.28. The fraction of sp³-hybridized carbons (Fsp3) is 0.667. The lowest BCUT2D eigenvalue weighted by atomic mass is 9.89. The van der Waals surface area contributed by atoms with Crippen LogP contribution in [0.4, 0.5) is 0 Å². The summed E-state index contributed by atoms with van der Waals surface area (Å²) >= 11 is 5.99. The topological polar surface area (TPSA) is 26.7 Å². The predicted octanol–water partition coefficient (Wildman–Crippen LogP) is 3.74. The summed E-state index contributed by atoms with van der Waals surface area (Å²) in [6, 6.07) is 6.29. The second-order valence-corrected chi connectivity index (χ2v) is 7.29. The highest BCUT2D eigenvalue weighted by molar-refractivity contribution is 6.32. The first kappa shape index (κ1) is 16.1. The van der Waals surface area contributed by atoms with Crippen LogP contribution < -0.4 is 0 Å². The molecular formula is C18H27ClN2O. The summed E-state index contributed by atoms with van der Waals surface area (Å²) in [4.78, 5) is 5.19. The number of phenolic OH excluding ortho intramolecular Hbond substituents is 1. The highest BCUT2D eigenvalue weighted by atomic mass is 35.5. The van der Waals surface area contributed by atoms with Crippen LogP contribution in [0.2, 0.25) is 5.02 Å².